The quantitative estimate of drug-likeness (QED) is 0.408. The summed E-state index contributed by atoms with van der Waals surface area (Å²) in [6.45, 7) is 1.05. The molecule has 0 aliphatic carbocycles. The highest BCUT2D eigenvalue weighted by Crippen LogP contribution is 2.40. The van der Waals surface area contributed by atoms with Gasteiger partial charge in [0, 0.05) is 5.56 Å². The Balaban J connectivity index is 2.13. The van der Waals surface area contributed by atoms with Crippen LogP contribution in [0.4, 0.5) is 0 Å². The van der Waals surface area contributed by atoms with E-state index in [9.17, 15) is 14.7 Å². The van der Waals surface area contributed by atoms with Crippen LogP contribution in [0.3, 0.4) is 0 Å². The monoisotopic (exact) mass is 411 g/mol. The minimum atomic E-state index is -0.693. The Morgan fingerprint density at radius 2 is 1.70 bits per heavy atom. The van der Waals surface area contributed by atoms with Crippen molar-refractivity contribution in [3.63, 3.8) is 0 Å². The van der Waals surface area contributed by atoms with Gasteiger partial charge in [-0.05, 0) is 42.0 Å². The zero-order chi connectivity index (χ0) is 21.8. The van der Waals surface area contributed by atoms with Crippen molar-refractivity contribution in [2.75, 3.05) is 41.4 Å². The van der Waals surface area contributed by atoms with Crippen LogP contribution < -0.4 is 14.4 Å². The molecule has 3 rings (SSSR count). The van der Waals surface area contributed by atoms with E-state index in [1.54, 1.807) is 56.7 Å². The van der Waals surface area contributed by atoms with E-state index in [4.69, 9.17) is 9.47 Å². The van der Waals surface area contributed by atoms with Gasteiger partial charge in [-0.2, -0.15) is 0 Å². The summed E-state index contributed by atoms with van der Waals surface area (Å²) in [4.78, 5) is 28.5. The molecule has 1 fully saturated rings. The summed E-state index contributed by atoms with van der Waals surface area (Å²) < 4.78 is 10.5. The largest absolute Gasteiger partial charge is 0.507 e. The van der Waals surface area contributed by atoms with Gasteiger partial charge in [0.05, 0.1) is 53.0 Å². The van der Waals surface area contributed by atoms with Gasteiger partial charge >= 0.3 is 0 Å². The molecule has 0 saturated carbocycles. The third-order valence-electron chi connectivity index (χ3n) is 5.17. The number of likely N-dealkylation sites (N-methyl/N-ethyl adjacent to an activating group) is 1. The SMILES string of the molecule is COc1ccc(C(O)=C2C(=O)C(=O)N(CC[NH+](C)C)[C@H]2c2cccc(OC)c2)cc1. The molecule has 1 aliphatic heterocycles. The molecule has 7 nitrogen and oxygen atoms in total. The second kappa shape index (κ2) is 9.00. The van der Waals surface area contributed by atoms with Crippen molar-refractivity contribution in [1.82, 2.24) is 4.90 Å². The summed E-state index contributed by atoms with van der Waals surface area (Å²) in [5.74, 6) is -0.265. The second-order valence-corrected chi connectivity index (χ2v) is 7.45. The van der Waals surface area contributed by atoms with E-state index in [1.807, 2.05) is 20.2 Å². The first-order valence-electron chi connectivity index (χ1n) is 9.73. The standard InChI is InChI=1S/C23H26N2O5/c1-24(2)12-13-25-20(16-6-5-7-18(14-16)30-4)19(22(27)23(25)28)21(26)15-8-10-17(29-3)11-9-15/h5-11,14,20,26H,12-13H2,1-4H3/p+1/t20-/m0/s1. The van der Waals surface area contributed by atoms with Gasteiger partial charge in [0.1, 0.15) is 17.3 Å². The molecule has 2 N–H and O–H groups in total. The molecule has 1 saturated heterocycles. The van der Waals surface area contributed by atoms with Crippen molar-refractivity contribution >= 4 is 17.4 Å². The molecule has 2 aromatic rings. The fourth-order valence-corrected chi connectivity index (χ4v) is 3.52. The lowest BCUT2D eigenvalue weighted by Gasteiger charge is -2.26. The summed E-state index contributed by atoms with van der Waals surface area (Å²) in [6.07, 6.45) is 0. The minimum absolute atomic E-state index is 0.0761. The molecule has 1 atom stereocenters. The molecule has 0 aromatic heterocycles. The highest BCUT2D eigenvalue weighted by molar-refractivity contribution is 6.46. The van der Waals surface area contributed by atoms with E-state index in [1.165, 1.54) is 4.90 Å². The Morgan fingerprint density at radius 3 is 2.30 bits per heavy atom. The maximum absolute atomic E-state index is 13.0. The van der Waals surface area contributed by atoms with E-state index < -0.39 is 17.7 Å². The average molecular weight is 411 g/mol. The van der Waals surface area contributed by atoms with Crippen molar-refractivity contribution in [2.24, 2.45) is 0 Å². The minimum Gasteiger partial charge on any atom is -0.507 e. The van der Waals surface area contributed by atoms with E-state index in [0.29, 0.717) is 35.7 Å². The fourth-order valence-electron chi connectivity index (χ4n) is 3.52. The molecule has 0 bridgehead atoms. The van der Waals surface area contributed by atoms with Crippen LogP contribution >= 0.6 is 0 Å². The molecule has 158 valence electrons. The Morgan fingerprint density at radius 1 is 1.03 bits per heavy atom. The van der Waals surface area contributed by atoms with Gasteiger partial charge in [-0.15, -0.1) is 0 Å². The molecular weight excluding hydrogens is 384 g/mol. The molecule has 0 radical (unpaired) electrons. The van der Waals surface area contributed by atoms with E-state index in [2.05, 4.69) is 0 Å². The number of ether oxygens (including phenoxy) is 2. The van der Waals surface area contributed by atoms with Crippen LogP contribution in [0, 0.1) is 0 Å². The van der Waals surface area contributed by atoms with Crippen molar-refractivity contribution < 1.29 is 29.1 Å². The number of quaternary nitrogens is 1. The predicted molar refractivity (Wildman–Crippen MR) is 113 cm³/mol. The number of hydrogen-bond acceptors (Lipinski definition) is 5. The molecular formula is C23H27N2O5+. The molecule has 7 heteroatoms. The zero-order valence-electron chi connectivity index (χ0n) is 17.6. The van der Waals surface area contributed by atoms with Crippen molar-refractivity contribution in [3.05, 3.63) is 65.2 Å². The highest BCUT2D eigenvalue weighted by Gasteiger charge is 2.46. The van der Waals surface area contributed by atoms with Crippen LogP contribution in [0.15, 0.2) is 54.1 Å². The first-order valence-corrected chi connectivity index (χ1v) is 9.73. The Kier molecular flexibility index (Phi) is 6.42. The lowest BCUT2D eigenvalue weighted by Crippen LogP contribution is -3.06. The van der Waals surface area contributed by atoms with Crippen LogP contribution in [-0.2, 0) is 9.59 Å². The number of amides is 1. The third-order valence-corrected chi connectivity index (χ3v) is 5.17. The first-order chi connectivity index (χ1) is 14.4. The zero-order valence-corrected chi connectivity index (χ0v) is 17.6. The van der Waals surface area contributed by atoms with Crippen LogP contribution in [0.5, 0.6) is 11.5 Å². The number of likely N-dealkylation sites (tertiary alicyclic amines) is 1. The van der Waals surface area contributed by atoms with Crippen LogP contribution in [0.1, 0.15) is 17.2 Å². The predicted octanol–water partition coefficient (Wildman–Crippen LogP) is 1.27. The first kappa shape index (κ1) is 21.4. The molecule has 30 heavy (non-hydrogen) atoms. The number of aliphatic hydroxyl groups is 1. The molecule has 0 spiro atoms. The highest BCUT2D eigenvalue weighted by atomic mass is 16.5. The molecule has 2 aromatic carbocycles. The van der Waals surface area contributed by atoms with Gasteiger partial charge < -0.3 is 24.4 Å². The summed E-state index contributed by atoms with van der Waals surface area (Å²) in [6, 6.07) is 13.2. The number of hydrogen-bond donors (Lipinski definition) is 2. The van der Waals surface area contributed by atoms with E-state index >= 15 is 0 Å². The number of nitrogens with one attached hydrogen (secondary N) is 1. The lowest BCUT2D eigenvalue weighted by atomic mass is 9.95. The van der Waals surface area contributed by atoms with Gasteiger partial charge in [0.2, 0.25) is 0 Å². The Bertz CT molecular complexity index is 966. The van der Waals surface area contributed by atoms with Crippen molar-refractivity contribution in [3.8, 4) is 11.5 Å². The number of aliphatic hydroxyl groups excluding tert-OH is 1. The number of ketones is 1. The van der Waals surface area contributed by atoms with Crippen LogP contribution in [0.2, 0.25) is 0 Å². The number of nitrogens with zero attached hydrogens (tertiary/aromatic N) is 1. The molecule has 0 unspecified atom stereocenters. The van der Waals surface area contributed by atoms with Crippen molar-refractivity contribution in [1.29, 1.82) is 0 Å². The normalized spacial score (nSPS) is 18.2. The Labute approximate surface area is 176 Å². The number of carbonyl (C=O) groups is 2. The third kappa shape index (κ3) is 4.16. The maximum Gasteiger partial charge on any atom is 0.295 e. The van der Waals surface area contributed by atoms with E-state index in [0.717, 1.165) is 4.90 Å². The van der Waals surface area contributed by atoms with Crippen LogP contribution in [-0.4, -0.2) is 63.1 Å². The second-order valence-electron chi connectivity index (χ2n) is 7.45. The van der Waals surface area contributed by atoms with Gasteiger partial charge in [-0.3, -0.25) is 9.59 Å². The smallest absolute Gasteiger partial charge is 0.295 e. The number of methoxy groups -OCH3 is 2. The van der Waals surface area contributed by atoms with Gasteiger partial charge in [-0.1, -0.05) is 12.1 Å². The number of benzene rings is 2. The van der Waals surface area contributed by atoms with Crippen LogP contribution in [0.25, 0.3) is 5.76 Å². The topological polar surface area (TPSA) is 80.5 Å². The lowest BCUT2D eigenvalue weighted by molar-refractivity contribution is -0.857. The number of carbonyl (C=O) groups excluding carboxylic acids is 2. The van der Waals surface area contributed by atoms with Gasteiger partial charge in [-0.25, -0.2) is 0 Å². The fraction of sp³-hybridized carbons (Fsp3) is 0.304. The molecule has 1 heterocycles. The summed E-state index contributed by atoms with van der Waals surface area (Å²) in [5.41, 5.74) is 1.23. The van der Waals surface area contributed by atoms with Gasteiger partial charge in [0.25, 0.3) is 11.7 Å². The van der Waals surface area contributed by atoms with Crippen molar-refractivity contribution in [2.45, 2.75) is 6.04 Å². The average Bonchev–Trinajstić information content (AvgIpc) is 3.02. The maximum atomic E-state index is 13.0. The summed E-state index contributed by atoms with van der Waals surface area (Å²) in [5, 5.41) is 11.0. The van der Waals surface area contributed by atoms with E-state index in [-0.39, 0.29) is 11.3 Å². The Hall–Kier alpha value is -3.32. The van der Waals surface area contributed by atoms with Gasteiger partial charge in [0.15, 0.2) is 0 Å². The number of rotatable bonds is 7. The summed E-state index contributed by atoms with van der Waals surface area (Å²) >= 11 is 0. The summed E-state index contributed by atoms with van der Waals surface area (Å²) in [7, 11) is 7.07. The molecule has 1 amide bonds. The number of Topliss-reactive ketones (excluding diaryl/α,β-unsaturated/α-hetero) is 1. The molecule has 1 aliphatic rings.